The minimum atomic E-state index is 0.907. The molecular formula is C10H20N2. The van der Waals surface area contributed by atoms with E-state index >= 15 is 0 Å². The summed E-state index contributed by atoms with van der Waals surface area (Å²) in [6, 6.07) is 0. The lowest BCUT2D eigenvalue weighted by atomic mass is 10.4. The smallest absolute Gasteiger partial charge is 0.0375 e. The van der Waals surface area contributed by atoms with Crippen molar-refractivity contribution in [1.82, 2.24) is 10.2 Å². The molecule has 2 nitrogen and oxygen atoms in total. The summed E-state index contributed by atoms with van der Waals surface area (Å²) in [7, 11) is 2.08. The lowest BCUT2D eigenvalue weighted by Gasteiger charge is -2.15. The van der Waals surface area contributed by atoms with Crippen molar-refractivity contribution in [1.29, 1.82) is 0 Å². The fourth-order valence-corrected chi connectivity index (χ4v) is 0.778. The van der Waals surface area contributed by atoms with Crippen molar-refractivity contribution in [2.24, 2.45) is 0 Å². The van der Waals surface area contributed by atoms with E-state index in [4.69, 9.17) is 0 Å². The molecule has 0 amide bonds. The second-order valence-corrected chi connectivity index (χ2v) is 2.89. The molecule has 0 aliphatic carbocycles. The summed E-state index contributed by atoms with van der Waals surface area (Å²) in [5.41, 5.74) is 1.05. The van der Waals surface area contributed by atoms with Crippen molar-refractivity contribution in [3.8, 4) is 0 Å². The number of allylic oxidation sites excluding steroid dienone is 1. The maximum atomic E-state index is 3.91. The van der Waals surface area contributed by atoms with Crippen LogP contribution in [0.3, 0.4) is 0 Å². The molecule has 0 rings (SSSR count). The van der Waals surface area contributed by atoms with Gasteiger partial charge in [-0.2, -0.15) is 0 Å². The fraction of sp³-hybridized carbons (Fsp3) is 0.600. The third-order valence-electron chi connectivity index (χ3n) is 1.64. The third-order valence-corrected chi connectivity index (χ3v) is 1.64. The first kappa shape index (κ1) is 11.2. The quantitative estimate of drug-likeness (QED) is 0.652. The summed E-state index contributed by atoms with van der Waals surface area (Å²) in [5.74, 6) is 0. The average molecular weight is 168 g/mol. The molecule has 0 unspecified atom stereocenters. The van der Waals surface area contributed by atoms with Crippen molar-refractivity contribution in [3.05, 3.63) is 24.6 Å². The zero-order valence-electron chi connectivity index (χ0n) is 8.43. The third kappa shape index (κ3) is 5.98. The number of hydrogen-bond donors (Lipinski definition) is 1. The maximum absolute atomic E-state index is 3.91. The molecule has 2 heteroatoms. The molecule has 70 valence electrons. The van der Waals surface area contributed by atoms with E-state index in [1.165, 1.54) is 0 Å². The lowest BCUT2D eigenvalue weighted by Crippen LogP contribution is -2.24. The van der Waals surface area contributed by atoms with Crippen molar-refractivity contribution < 1.29 is 0 Å². The molecule has 0 aliphatic heterocycles. The highest BCUT2D eigenvalue weighted by Crippen LogP contribution is 1.89. The molecule has 0 aromatic heterocycles. The monoisotopic (exact) mass is 168 g/mol. The Bertz CT molecular complexity index is 150. The summed E-state index contributed by atoms with van der Waals surface area (Å²) in [4.78, 5) is 2.20. The van der Waals surface area contributed by atoms with Crippen LogP contribution in [0.15, 0.2) is 24.6 Å². The van der Waals surface area contributed by atoms with E-state index in [9.17, 15) is 0 Å². The highest BCUT2D eigenvalue weighted by molar-refractivity contribution is 4.99. The minimum Gasteiger partial charge on any atom is -0.365 e. The molecule has 1 N–H and O–H groups in total. The van der Waals surface area contributed by atoms with Gasteiger partial charge in [0.15, 0.2) is 0 Å². The zero-order chi connectivity index (χ0) is 9.40. The van der Waals surface area contributed by atoms with Crippen LogP contribution in [-0.4, -0.2) is 25.0 Å². The van der Waals surface area contributed by atoms with E-state index in [1.54, 1.807) is 0 Å². The van der Waals surface area contributed by atoms with Gasteiger partial charge in [-0.1, -0.05) is 26.5 Å². The van der Waals surface area contributed by atoms with Crippen LogP contribution < -0.4 is 5.32 Å². The van der Waals surface area contributed by atoms with Crippen LogP contribution in [0.2, 0.25) is 0 Å². The van der Waals surface area contributed by atoms with Gasteiger partial charge in [-0.05, 0) is 26.2 Å². The molecule has 0 aromatic rings. The summed E-state index contributed by atoms with van der Waals surface area (Å²) in [6.07, 6.45) is 5.09. The van der Waals surface area contributed by atoms with Crippen LogP contribution in [0.4, 0.5) is 0 Å². The first-order chi connectivity index (χ1) is 5.70. The van der Waals surface area contributed by atoms with E-state index in [0.29, 0.717) is 0 Å². The minimum absolute atomic E-state index is 0.907. The van der Waals surface area contributed by atoms with Gasteiger partial charge in [0.1, 0.15) is 0 Å². The molecule has 0 atom stereocenters. The first-order valence-electron chi connectivity index (χ1n) is 4.48. The van der Waals surface area contributed by atoms with Gasteiger partial charge in [-0.25, -0.2) is 0 Å². The van der Waals surface area contributed by atoms with Crippen LogP contribution in [0.5, 0.6) is 0 Å². The Labute approximate surface area is 76.0 Å². The van der Waals surface area contributed by atoms with Gasteiger partial charge in [0, 0.05) is 12.2 Å². The highest BCUT2D eigenvalue weighted by Gasteiger charge is 1.94. The molecule has 0 radical (unpaired) electrons. The molecule has 0 heterocycles. The summed E-state index contributed by atoms with van der Waals surface area (Å²) in [6.45, 7) is 10.1. The molecule has 0 bridgehead atoms. The Balaban J connectivity index is 3.52. The van der Waals surface area contributed by atoms with E-state index in [1.807, 2.05) is 6.20 Å². The van der Waals surface area contributed by atoms with Crippen LogP contribution in [0.1, 0.15) is 20.3 Å². The van der Waals surface area contributed by atoms with E-state index in [0.717, 1.165) is 25.2 Å². The van der Waals surface area contributed by atoms with Gasteiger partial charge in [-0.15, -0.1) is 0 Å². The average Bonchev–Trinajstić information content (AvgIpc) is 2.05. The van der Waals surface area contributed by atoms with Crippen molar-refractivity contribution in [2.45, 2.75) is 20.3 Å². The highest BCUT2D eigenvalue weighted by atomic mass is 15.1. The van der Waals surface area contributed by atoms with Gasteiger partial charge in [0.2, 0.25) is 0 Å². The predicted octanol–water partition coefficient (Wildman–Crippen LogP) is 1.97. The maximum Gasteiger partial charge on any atom is 0.0375 e. The van der Waals surface area contributed by atoms with Gasteiger partial charge >= 0.3 is 0 Å². The van der Waals surface area contributed by atoms with Crippen LogP contribution in [0, 0.1) is 0 Å². The summed E-state index contributed by atoms with van der Waals surface area (Å²) in [5, 5.41) is 3.13. The molecule has 0 fully saturated rings. The summed E-state index contributed by atoms with van der Waals surface area (Å²) < 4.78 is 0. The Morgan fingerprint density at radius 2 is 2.17 bits per heavy atom. The van der Waals surface area contributed by atoms with E-state index in [2.05, 4.69) is 43.8 Å². The number of nitrogens with zero attached hydrogens (tertiary/aromatic N) is 1. The molecule has 0 spiro atoms. The van der Waals surface area contributed by atoms with Gasteiger partial charge in [-0.3, -0.25) is 0 Å². The standard InChI is InChI=1S/C10H20N2/c1-5-7-8-11-10(3)9-12(4)6-2/h7-8,11H,3,5-6,9H2,1-2,4H3/b8-7-. The van der Waals surface area contributed by atoms with Crippen molar-refractivity contribution in [3.63, 3.8) is 0 Å². The summed E-state index contributed by atoms with van der Waals surface area (Å²) >= 11 is 0. The fourth-order valence-electron chi connectivity index (χ4n) is 0.778. The Morgan fingerprint density at radius 1 is 1.50 bits per heavy atom. The molecule has 0 saturated heterocycles. The molecular weight excluding hydrogens is 148 g/mol. The molecule has 12 heavy (non-hydrogen) atoms. The van der Waals surface area contributed by atoms with E-state index < -0.39 is 0 Å². The molecule has 0 saturated carbocycles. The van der Waals surface area contributed by atoms with Gasteiger partial charge in [0.25, 0.3) is 0 Å². The normalized spacial score (nSPS) is 11.0. The second-order valence-electron chi connectivity index (χ2n) is 2.89. The van der Waals surface area contributed by atoms with Crippen molar-refractivity contribution >= 4 is 0 Å². The number of hydrogen-bond acceptors (Lipinski definition) is 2. The SMILES string of the molecule is C=C(CN(C)CC)N/C=C\CC. The van der Waals surface area contributed by atoms with Crippen LogP contribution in [-0.2, 0) is 0 Å². The van der Waals surface area contributed by atoms with Crippen LogP contribution in [0.25, 0.3) is 0 Å². The number of likely N-dealkylation sites (N-methyl/N-ethyl adjacent to an activating group) is 1. The Hall–Kier alpha value is -0.760. The van der Waals surface area contributed by atoms with Gasteiger partial charge < -0.3 is 10.2 Å². The second kappa shape index (κ2) is 6.92. The van der Waals surface area contributed by atoms with E-state index in [-0.39, 0.29) is 0 Å². The predicted molar refractivity (Wildman–Crippen MR) is 54.9 cm³/mol. The Kier molecular flexibility index (Phi) is 6.48. The topological polar surface area (TPSA) is 15.3 Å². The van der Waals surface area contributed by atoms with Gasteiger partial charge in [0.05, 0.1) is 0 Å². The van der Waals surface area contributed by atoms with Crippen LogP contribution >= 0.6 is 0 Å². The number of rotatable bonds is 6. The Morgan fingerprint density at radius 3 is 2.67 bits per heavy atom. The first-order valence-corrected chi connectivity index (χ1v) is 4.48. The molecule has 0 aliphatic rings. The zero-order valence-corrected chi connectivity index (χ0v) is 8.43. The van der Waals surface area contributed by atoms with Crippen molar-refractivity contribution in [2.75, 3.05) is 20.1 Å². The largest absolute Gasteiger partial charge is 0.365 e. The lowest BCUT2D eigenvalue weighted by molar-refractivity contribution is 0.378. The molecule has 0 aromatic carbocycles. The number of nitrogens with one attached hydrogen (secondary N) is 1.